The van der Waals surface area contributed by atoms with Gasteiger partial charge in [0, 0.05) is 31.0 Å². The van der Waals surface area contributed by atoms with Crippen molar-refractivity contribution in [3.63, 3.8) is 0 Å². The highest BCUT2D eigenvalue weighted by Crippen LogP contribution is 2.39. The number of hydrogen-bond acceptors (Lipinski definition) is 5. The number of amides is 1. The van der Waals surface area contributed by atoms with Crippen LogP contribution in [0.3, 0.4) is 0 Å². The predicted molar refractivity (Wildman–Crippen MR) is 121 cm³/mol. The molecule has 33 heavy (non-hydrogen) atoms. The highest BCUT2D eigenvalue weighted by molar-refractivity contribution is 7.23. The number of alkyl halides is 3. The van der Waals surface area contributed by atoms with E-state index in [0.717, 1.165) is 12.1 Å². The molecule has 1 amide bonds. The summed E-state index contributed by atoms with van der Waals surface area (Å²) in [6.07, 6.45) is 1.07. The number of imidazole rings is 1. The van der Waals surface area contributed by atoms with E-state index in [0.29, 0.717) is 39.1 Å². The van der Waals surface area contributed by atoms with Gasteiger partial charge in [-0.05, 0) is 36.8 Å². The minimum atomic E-state index is -4.56. The van der Waals surface area contributed by atoms with E-state index in [1.54, 1.807) is 30.9 Å². The van der Waals surface area contributed by atoms with Crippen LogP contribution in [0.5, 0.6) is 5.75 Å². The number of carbonyl (C=O) groups excluding carboxylic acids is 1. The summed E-state index contributed by atoms with van der Waals surface area (Å²) in [5.41, 5.74) is -0.480. The molecule has 0 fully saturated rings. The fourth-order valence-electron chi connectivity index (χ4n) is 3.32. The lowest BCUT2D eigenvalue weighted by atomic mass is 10.1. The Morgan fingerprint density at radius 2 is 2.09 bits per heavy atom. The average Bonchev–Trinajstić information content (AvgIpc) is 3.47. The van der Waals surface area contributed by atoms with Crippen LogP contribution in [-0.2, 0) is 12.7 Å². The maximum absolute atomic E-state index is 13.4. The van der Waals surface area contributed by atoms with Crippen LogP contribution in [0.4, 0.5) is 18.3 Å². The number of benzene rings is 2. The Morgan fingerprint density at radius 1 is 1.27 bits per heavy atom. The van der Waals surface area contributed by atoms with E-state index < -0.39 is 17.6 Å². The van der Waals surface area contributed by atoms with Gasteiger partial charge in [-0.3, -0.25) is 9.69 Å². The zero-order valence-electron chi connectivity index (χ0n) is 17.3. The van der Waals surface area contributed by atoms with Crippen molar-refractivity contribution in [1.82, 2.24) is 14.5 Å². The molecule has 0 bridgehead atoms. The molecule has 0 aliphatic heterocycles. The van der Waals surface area contributed by atoms with Crippen molar-refractivity contribution in [2.75, 3.05) is 18.6 Å². The number of fused-ring (bicyclic) bond motifs is 1. The maximum atomic E-state index is 13.4. The molecule has 2 aromatic carbocycles. The molecular weight excluding hydrogens is 477 g/mol. The van der Waals surface area contributed by atoms with E-state index in [1.807, 2.05) is 4.57 Å². The van der Waals surface area contributed by atoms with E-state index >= 15 is 0 Å². The number of aromatic nitrogens is 3. The maximum Gasteiger partial charge on any atom is 0.416 e. The minimum Gasteiger partial charge on any atom is -0.494 e. The Labute approximate surface area is 196 Å². The molecule has 11 heteroatoms. The fraction of sp³-hybridized carbons (Fsp3) is 0.227. The van der Waals surface area contributed by atoms with Gasteiger partial charge in [-0.1, -0.05) is 29.0 Å². The molecular formula is C22H18ClF3N4O2S. The van der Waals surface area contributed by atoms with Gasteiger partial charge >= 0.3 is 6.18 Å². The van der Waals surface area contributed by atoms with Crippen molar-refractivity contribution in [2.24, 2.45) is 0 Å². The smallest absolute Gasteiger partial charge is 0.416 e. The quantitative estimate of drug-likeness (QED) is 0.320. The van der Waals surface area contributed by atoms with Crippen LogP contribution in [0.1, 0.15) is 22.3 Å². The number of methoxy groups -OCH3 is 1. The zero-order chi connectivity index (χ0) is 23.6. The number of nitrogens with zero attached hydrogens (tertiary/aromatic N) is 4. The minimum absolute atomic E-state index is 0.0789. The van der Waals surface area contributed by atoms with Crippen molar-refractivity contribution in [3.05, 3.63) is 71.3 Å². The molecule has 4 rings (SSSR count). The Kier molecular flexibility index (Phi) is 6.57. The lowest BCUT2D eigenvalue weighted by Crippen LogP contribution is -2.32. The summed E-state index contributed by atoms with van der Waals surface area (Å²) in [5, 5.41) is 0.767. The van der Waals surface area contributed by atoms with E-state index in [4.69, 9.17) is 16.3 Å². The first kappa shape index (κ1) is 23.1. The molecule has 0 N–H and O–H groups in total. The predicted octanol–water partition coefficient (Wildman–Crippen LogP) is 5.91. The topological polar surface area (TPSA) is 60.2 Å². The number of thiazole rings is 1. The highest BCUT2D eigenvalue weighted by Gasteiger charge is 2.32. The third-order valence-electron chi connectivity index (χ3n) is 4.94. The summed E-state index contributed by atoms with van der Waals surface area (Å²) in [6, 6.07) is 7.71. The summed E-state index contributed by atoms with van der Waals surface area (Å²) >= 11 is 7.50. The van der Waals surface area contributed by atoms with Crippen molar-refractivity contribution >= 4 is 44.2 Å². The van der Waals surface area contributed by atoms with Crippen LogP contribution in [-0.4, -0.2) is 34.1 Å². The van der Waals surface area contributed by atoms with E-state index in [9.17, 15) is 18.0 Å². The van der Waals surface area contributed by atoms with Gasteiger partial charge in [-0.2, -0.15) is 13.2 Å². The van der Waals surface area contributed by atoms with Gasteiger partial charge in [0.15, 0.2) is 5.13 Å². The van der Waals surface area contributed by atoms with Gasteiger partial charge < -0.3 is 9.30 Å². The molecule has 6 nitrogen and oxygen atoms in total. The summed E-state index contributed by atoms with van der Waals surface area (Å²) in [5.74, 6) is -0.0948. The van der Waals surface area contributed by atoms with Gasteiger partial charge in [0.2, 0.25) is 0 Å². The number of ether oxygens (including phenoxy) is 1. The van der Waals surface area contributed by atoms with Crippen molar-refractivity contribution < 1.29 is 22.7 Å². The van der Waals surface area contributed by atoms with E-state index in [1.165, 1.54) is 35.5 Å². The molecule has 172 valence electrons. The molecule has 4 aromatic rings. The summed E-state index contributed by atoms with van der Waals surface area (Å²) in [6.45, 7) is 0.800. The molecule has 0 spiro atoms. The molecule has 0 aliphatic carbocycles. The van der Waals surface area contributed by atoms with Gasteiger partial charge in [-0.25, -0.2) is 9.97 Å². The molecule has 2 heterocycles. The van der Waals surface area contributed by atoms with Crippen LogP contribution < -0.4 is 9.64 Å². The number of hydrogen-bond donors (Lipinski definition) is 0. The molecule has 0 aliphatic rings. The van der Waals surface area contributed by atoms with Crippen molar-refractivity contribution in [2.45, 2.75) is 19.1 Å². The second kappa shape index (κ2) is 9.40. The number of aryl methyl sites for hydroxylation is 1. The van der Waals surface area contributed by atoms with Crippen LogP contribution >= 0.6 is 22.9 Å². The fourth-order valence-corrected chi connectivity index (χ4v) is 4.60. The summed E-state index contributed by atoms with van der Waals surface area (Å²) in [4.78, 5) is 23.3. The van der Waals surface area contributed by atoms with Crippen LogP contribution in [0.2, 0.25) is 5.02 Å². The Hall–Kier alpha value is -3.11. The van der Waals surface area contributed by atoms with Gasteiger partial charge in [0.1, 0.15) is 11.3 Å². The molecule has 0 radical (unpaired) electrons. The number of anilines is 1. The summed E-state index contributed by atoms with van der Waals surface area (Å²) < 4.78 is 47.5. The summed E-state index contributed by atoms with van der Waals surface area (Å²) in [7, 11) is 1.50. The average molecular weight is 495 g/mol. The monoisotopic (exact) mass is 494 g/mol. The number of halogens is 4. The third kappa shape index (κ3) is 4.96. The van der Waals surface area contributed by atoms with Gasteiger partial charge in [-0.15, -0.1) is 0 Å². The Morgan fingerprint density at radius 3 is 2.79 bits per heavy atom. The second-order valence-corrected chi connectivity index (χ2v) is 8.50. The first-order valence-corrected chi connectivity index (χ1v) is 11.1. The molecule has 0 saturated carbocycles. The lowest BCUT2D eigenvalue weighted by Gasteiger charge is -2.20. The first-order chi connectivity index (χ1) is 15.8. The van der Waals surface area contributed by atoms with E-state index in [-0.39, 0.29) is 12.1 Å². The largest absolute Gasteiger partial charge is 0.494 e. The van der Waals surface area contributed by atoms with Crippen molar-refractivity contribution in [3.8, 4) is 5.75 Å². The highest BCUT2D eigenvalue weighted by atomic mass is 35.5. The van der Waals surface area contributed by atoms with Crippen LogP contribution in [0, 0.1) is 0 Å². The Balaban J connectivity index is 1.71. The second-order valence-electron chi connectivity index (χ2n) is 7.11. The Bertz CT molecular complexity index is 1270. The van der Waals surface area contributed by atoms with Crippen molar-refractivity contribution in [1.29, 1.82) is 0 Å². The molecule has 0 saturated heterocycles. The van der Waals surface area contributed by atoms with E-state index in [2.05, 4.69) is 9.97 Å². The van der Waals surface area contributed by atoms with Crippen LogP contribution in [0.25, 0.3) is 10.2 Å². The molecule has 2 aromatic heterocycles. The number of carbonyl (C=O) groups is 1. The number of rotatable bonds is 7. The van der Waals surface area contributed by atoms with Gasteiger partial charge in [0.25, 0.3) is 5.91 Å². The van der Waals surface area contributed by atoms with Crippen LogP contribution in [0.15, 0.2) is 55.1 Å². The molecule has 0 unspecified atom stereocenters. The van der Waals surface area contributed by atoms with Gasteiger partial charge in [0.05, 0.1) is 28.7 Å². The zero-order valence-corrected chi connectivity index (χ0v) is 18.9. The SMILES string of the molecule is COc1ccc(Cl)c2sc(N(CCCn3ccnc3)C(=O)c3cccc(C(F)(F)F)c3)nc12. The lowest BCUT2D eigenvalue weighted by molar-refractivity contribution is -0.137. The third-order valence-corrected chi connectivity index (χ3v) is 6.48. The normalized spacial score (nSPS) is 11.7. The standard InChI is InChI=1S/C22H18ClF3N4O2S/c1-32-17-7-6-16(23)19-18(17)28-21(33-19)30(10-3-9-29-11-8-27-13-29)20(31)14-4-2-5-15(12-14)22(24,25)26/h2,4-8,11-13H,3,9-10H2,1H3. The molecule has 0 atom stereocenters. The first-order valence-electron chi connectivity index (χ1n) is 9.86.